The summed E-state index contributed by atoms with van der Waals surface area (Å²) in [5, 5.41) is 11.5. The molecule has 0 aromatic heterocycles. The van der Waals surface area contributed by atoms with Gasteiger partial charge in [0.1, 0.15) is 29.1 Å². The number of rotatable bonds is 7. The molecule has 2 unspecified atom stereocenters. The minimum atomic E-state index is -0.869. The summed E-state index contributed by atoms with van der Waals surface area (Å²) in [6.07, 6.45) is 0.678. The molecule has 0 bridgehead atoms. The van der Waals surface area contributed by atoms with Crippen molar-refractivity contribution in [3.05, 3.63) is 89.0 Å². The lowest BCUT2D eigenvalue weighted by molar-refractivity contribution is -0.132. The molecule has 1 N–H and O–H groups in total. The summed E-state index contributed by atoms with van der Waals surface area (Å²) < 4.78 is 17.3. The highest BCUT2D eigenvalue weighted by molar-refractivity contribution is 6.51. The maximum Gasteiger partial charge on any atom is 0.300 e. The number of fused-ring (bicyclic) bond motifs is 1. The van der Waals surface area contributed by atoms with Gasteiger partial charge in [0.2, 0.25) is 0 Å². The Hall–Kier alpha value is -4.26. The second-order valence-electron chi connectivity index (χ2n) is 9.79. The Labute approximate surface area is 222 Å². The average Bonchev–Trinajstić information content (AvgIpc) is 3.39. The van der Waals surface area contributed by atoms with Crippen molar-refractivity contribution in [2.24, 2.45) is 0 Å². The quantitative estimate of drug-likeness (QED) is 0.243. The van der Waals surface area contributed by atoms with Crippen LogP contribution >= 0.6 is 0 Å². The summed E-state index contributed by atoms with van der Waals surface area (Å²) in [6, 6.07) is 18.8. The maximum atomic E-state index is 13.6. The summed E-state index contributed by atoms with van der Waals surface area (Å²) in [5.74, 6) is 0.241. The summed E-state index contributed by atoms with van der Waals surface area (Å²) in [6.45, 7) is 8.17. The zero-order valence-corrected chi connectivity index (χ0v) is 21.9. The van der Waals surface area contributed by atoms with Gasteiger partial charge in [0.15, 0.2) is 0 Å². The predicted molar refractivity (Wildman–Crippen MR) is 145 cm³/mol. The van der Waals surface area contributed by atoms with Gasteiger partial charge in [0.05, 0.1) is 24.3 Å². The molecule has 0 aliphatic carbocycles. The van der Waals surface area contributed by atoms with Crippen LogP contribution in [-0.4, -0.2) is 35.6 Å². The number of anilines is 1. The molecular formula is C31H31NO6. The first-order chi connectivity index (χ1) is 18.3. The molecule has 2 aliphatic heterocycles. The van der Waals surface area contributed by atoms with Gasteiger partial charge in [-0.1, -0.05) is 18.2 Å². The number of benzene rings is 3. The first-order valence-electron chi connectivity index (χ1n) is 12.9. The lowest BCUT2D eigenvalue weighted by Gasteiger charge is -2.26. The van der Waals surface area contributed by atoms with Gasteiger partial charge in [0, 0.05) is 23.7 Å². The standard InChI is InChI=1S/C31H31NO6/c1-5-36-24-10-7-9-23(17-24)32-28(20-8-6-11-25(16-20)37-18(2)3)27(30(34)31(32)35)29(33)21-12-13-26-22(15-21)14-19(4)38-26/h6-13,15-19,28,33H,5,14H2,1-4H3/b29-27-. The highest BCUT2D eigenvalue weighted by Gasteiger charge is 2.47. The number of carbonyl (C=O) groups is 2. The van der Waals surface area contributed by atoms with Crippen LogP contribution < -0.4 is 19.1 Å². The lowest BCUT2D eigenvalue weighted by atomic mass is 9.94. The molecule has 0 saturated carbocycles. The Morgan fingerprint density at radius 1 is 1.05 bits per heavy atom. The number of ether oxygens (including phenoxy) is 3. The van der Waals surface area contributed by atoms with Crippen molar-refractivity contribution < 1.29 is 28.9 Å². The first kappa shape index (κ1) is 25.4. The van der Waals surface area contributed by atoms with Crippen LogP contribution in [0.3, 0.4) is 0 Å². The fourth-order valence-electron chi connectivity index (χ4n) is 5.06. The highest BCUT2D eigenvalue weighted by atomic mass is 16.5. The number of aliphatic hydroxyl groups excluding tert-OH is 1. The Kier molecular flexibility index (Phi) is 6.85. The highest BCUT2D eigenvalue weighted by Crippen LogP contribution is 2.44. The number of aliphatic hydroxyl groups is 1. The molecule has 38 heavy (non-hydrogen) atoms. The number of nitrogens with zero attached hydrogens (tertiary/aromatic N) is 1. The zero-order chi connectivity index (χ0) is 27.0. The maximum absolute atomic E-state index is 13.6. The van der Waals surface area contributed by atoms with Crippen LogP contribution in [0.5, 0.6) is 17.2 Å². The van der Waals surface area contributed by atoms with E-state index in [1.165, 1.54) is 4.90 Å². The number of carbonyl (C=O) groups excluding carboxylic acids is 2. The van der Waals surface area contributed by atoms with E-state index >= 15 is 0 Å². The number of amides is 1. The van der Waals surface area contributed by atoms with Crippen LogP contribution in [0.1, 0.15) is 50.4 Å². The van der Waals surface area contributed by atoms with E-state index < -0.39 is 17.7 Å². The molecule has 3 aromatic carbocycles. The number of Topliss-reactive ketones (excluding diaryl/α,β-unsaturated/α-hetero) is 1. The number of ketones is 1. The largest absolute Gasteiger partial charge is 0.507 e. The van der Waals surface area contributed by atoms with E-state index in [0.717, 1.165) is 11.3 Å². The molecule has 1 saturated heterocycles. The lowest BCUT2D eigenvalue weighted by Crippen LogP contribution is -2.29. The first-order valence-corrected chi connectivity index (χ1v) is 12.9. The predicted octanol–water partition coefficient (Wildman–Crippen LogP) is 5.82. The van der Waals surface area contributed by atoms with Gasteiger partial charge in [-0.15, -0.1) is 0 Å². The normalized spacial score (nSPS) is 20.0. The van der Waals surface area contributed by atoms with Crippen LogP contribution in [0.25, 0.3) is 5.76 Å². The van der Waals surface area contributed by atoms with Crippen molar-refractivity contribution >= 4 is 23.1 Å². The third-order valence-corrected chi connectivity index (χ3v) is 6.57. The fourth-order valence-corrected chi connectivity index (χ4v) is 5.06. The molecule has 5 rings (SSSR count). The molecule has 0 spiro atoms. The third-order valence-electron chi connectivity index (χ3n) is 6.57. The SMILES string of the molecule is CCOc1cccc(N2C(=O)C(=O)/C(=C(\O)c3ccc4c(c3)CC(C)O4)C2c2cccc(OC(C)C)c2)c1. The molecule has 7 nitrogen and oxygen atoms in total. The van der Waals surface area contributed by atoms with Gasteiger partial charge in [0.25, 0.3) is 11.7 Å². The number of hydrogen-bond donors (Lipinski definition) is 1. The minimum Gasteiger partial charge on any atom is -0.507 e. The van der Waals surface area contributed by atoms with Gasteiger partial charge in [-0.25, -0.2) is 0 Å². The van der Waals surface area contributed by atoms with Crippen molar-refractivity contribution in [3.8, 4) is 17.2 Å². The van der Waals surface area contributed by atoms with Crippen molar-refractivity contribution in [3.63, 3.8) is 0 Å². The summed E-state index contributed by atoms with van der Waals surface area (Å²) in [4.78, 5) is 28.5. The van der Waals surface area contributed by atoms with Gasteiger partial charge in [-0.3, -0.25) is 14.5 Å². The Balaban J connectivity index is 1.68. The molecule has 196 valence electrons. The van der Waals surface area contributed by atoms with E-state index in [9.17, 15) is 14.7 Å². The minimum absolute atomic E-state index is 0.0189. The van der Waals surface area contributed by atoms with E-state index in [0.29, 0.717) is 41.3 Å². The van der Waals surface area contributed by atoms with Crippen molar-refractivity contribution in [2.45, 2.75) is 52.4 Å². The molecule has 7 heteroatoms. The van der Waals surface area contributed by atoms with Crippen LogP contribution in [0.2, 0.25) is 0 Å². The Morgan fingerprint density at radius 3 is 2.58 bits per heavy atom. The smallest absolute Gasteiger partial charge is 0.300 e. The third kappa shape index (κ3) is 4.72. The van der Waals surface area contributed by atoms with Gasteiger partial charge in [-0.2, -0.15) is 0 Å². The molecule has 2 aliphatic rings. The average molecular weight is 514 g/mol. The zero-order valence-electron chi connectivity index (χ0n) is 21.9. The Morgan fingerprint density at radius 2 is 1.82 bits per heavy atom. The molecule has 3 aromatic rings. The second kappa shape index (κ2) is 10.2. The van der Waals surface area contributed by atoms with Crippen LogP contribution in [0.15, 0.2) is 72.3 Å². The molecule has 0 radical (unpaired) electrons. The van der Waals surface area contributed by atoms with Crippen LogP contribution in [0.4, 0.5) is 5.69 Å². The van der Waals surface area contributed by atoms with Crippen LogP contribution in [-0.2, 0) is 16.0 Å². The molecular weight excluding hydrogens is 482 g/mol. The van der Waals surface area contributed by atoms with Crippen molar-refractivity contribution in [2.75, 3.05) is 11.5 Å². The van der Waals surface area contributed by atoms with E-state index in [4.69, 9.17) is 14.2 Å². The summed E-state index contributed by atoms with van der Waals surface area (Å²) in [5.41, 5.74) is 2.56. The van der Waals surface area contributed by atoms with Crippen LogP contribution in [0, 0.1) is 0 Å². The Bertz CT molecular complexity index is 1430. The van der Waals surface area contributed by atoms with Gasteiger partial charge < -0.3 is 19.3 Å². The second-order valence-corrected chi connectivity index (χ2v) is 9.79. The summed E-state index contributed by atoms with van der Waals surface area (Å²) in [7, 11) is 0. The summed E-state index contributed by atoms with van der Waals surface area (Å²) >= 11 is 0. The molecule has 2 atom stereocenters. The van der Waals surface area contributed by atoms with E-state index in [2.05, 4.69) is 0 Å². The van der Waals surface area contributed by atoms with E-state index in [-0.39, 0.29) is 23.5 Å². The molecule has 1 amide bonds. The van der Waals surface area contributed by atoms with Crippen molar-refractivity contribution in [1.82, 2.24) is 0 Å². The van der Waals surface area contributed by atoms with Gasteiger partial charge >= 0.3 is 0 Å². The fraction of sp³-hybridized carbons (Fsp3) is 0.290. The van der Waals surface area contributed by atoms with Gasteiger partial charge in [-0.05, 0) is 81.3 Å². The molecule has 1 fully saturated rings. The number of hydrogen-bond acceptors (Lipinski definition) is 6. The molecule has 2 heterocycles. The monoisotopic (exact) mass is 513 g/mol. The topological polar surface area (TPSA) is 85.3 Å². The van der Waals surface area contributed by atoms with E-state index in [1.807, 2.05) is 52.0 Å². The van der Waals surface area contributed by atoms with Crippen molar-refractivity contribution in [1.29, 1.82) is 0 Å². The van der Waals surface area contributed by atoms with E-state index in [1.54, 1.807) is 42.5 Å².